The smallest absolute Gasteiger partial charge is 0.308 e. The molecule has 1 aliphatic heterocycles. The predicted molar refractivity (Wildman–Crippen MR) is 170 cm³/mol. The van der Waals surface area contributed by atoms with Crippen LogP contribution in [0.5, 0.6) is 5.75 Å². The van der Waals surface area contributed by atoms with Crippen LogP contribution in [0.4, 0.5) is 20.3 Å². The highest BCUT2D eigenvalue weighted by Crippen LogP contribution is 2.38. The summed E-state index contributed by atoms with van der Waals surface area (Å²) in [4.78, 5) is 53.5. The number of rotatable bonds is 9. The van der Waals surface area contributed by atoms with Crippen LogP contribution in [0, 0.1) is 11.6 Å². The topological polar surface area (TPSA) is 117 Å². The average molecular weight is 637 g/mol. The number of nitrogens with zero attached hydrogens (tertiary/aromatic N) is 5. The second-order valence-electron chi connectivity index (χ2n) is 10.6. The van der Waals surface area contributed by atoms with Gasteiger partial charge in [-0.1, -0.05) is 26.5 Å². The lowest BCUT2D eigenvalue weighted by Gasteiger charge is -2.41. The van der Waals surface area contributed by atoms with E-state index < -0.39 is 23.3 Å². The van der Waals surface area contributed by atoms with Gasteiger partial charge in [0.15, 0.2) is 5.82 Å². The Kier molecular flexibility index (Phi) is 10.7. The molecule has 0 bridgehead atoms. The van der Waals surface area contributed by atoms with Crippen LogP contribution in [0.1, 0.15) is 44.7 Å². The number of ether oxygens (including phenoxy) is 1. The molecule has 45 heavy (non-hydrogen) atoms. The molecular formula is C32H34F2N6O4S. The number of amides is 2. The van der Waals surface area contributed by atoms with Crippen molar-refractivity contribution in [2.45, 2.75) is 44.7 Å². The lowest BCUT2D eigenvalue weighted by Crippen LogP contribution is -2.55. The van der Waals surface area contributed by atoms with Crippen molar-refractivity contribution in [3.8, 4) is 17.0 Å². The first-order valence-corrected chi connectivity index (χ1v) is 15.4. The highest BCUT2D eigenvalue weighted by molar-refractivity contribution is 7.98. The molecule has 10 nitrogen and oxygen atoms in total. The molecule has 1 saturated heterocycles. The third-order valence-electron chi connectivity index (χ3n) is 7.22. The number of thioether (sulfide) groups is 1. The zero-order valence-electron chi connectivity index (χ0n) is 25.6. The highest BCUT2D eigenvalue weighted by atomic mass is 32.2. The third-order valence-corrected chi connectivity index (χ3v) is 7.90. The van der Waals surface area contributed by atoms with Crippen molar-refractivity contribution in [2.24, 2.45) is 4.99 Å². The van der Waals surface area contributed by atoms with Gasteiger partial charge in [-0.05, 0) is 55.0 Å². The molecule has 3 aromatic rings. The number of aliphatic imine (C=N–C) groups is 1. The van der Waals surface area contributed by atoms with E-state index in [1.807, 2.05) is 38.0 Å². The van der Waals surface area contributed by atoms with Crippen molar-refractivity contribution in [1.29, 1.82) is 0 Å². The quantitative estimate of drug-likeness (QED) is 0.0618. The standard InChI is InChI=1S/C32H34F2N6O4S/c1-7-26(43)39-13-14-40(19(4)16-39)31(38-28-21(18(2)3)11-12-35-32(28)45-6)22-15-24(34)29(37-30(22)36-17-41)27-23(33)9-8-10-25(27)44-20(5)42/h7-12,15,17-19H,1,13-14,16H2,2-6H3,(H,36,37,41)/b38-31+. The molecular weight excluding hydrogens is 602 g/mol. The molecule has 0 radical (unpaired) electrons. The number of hydrogen-bond donors (Lipinski definition) is 1. The number of hydrogen-bond acceptors (Lipinski definition) is 8. The first-order valence-electron chi connectivity index (χ1n) is 14.2. The lowest BCUT2D eigenvalue weighted by atomic mass is 10.0. The predicted octanol–water partition coefficient (Wildman–Crippen LogP) is 5.56. The maximum atomic E-state index is 16.1. The maximum absolute atomic E-state index is 16.1. The molecule has 13 heteroatoms. The van der Waals surface area contributed by atoms with Crippen molar-refractivity contribution in [1.82, 2.24) is 19.8 Å². The zero-order valence-corrected chi connectivity index (χ0v) is 26.5. The number of piperazine rings is 1. The first-order chi connectivity index (χ1) is 21.5. The number of anilines is 1. The number of amidine groups is 1. The Morgan fingerprint density at radius 3 is 2.60 bits per heavy atom. The van der Waals surface area contributed by atoms with E-state index >= 15 is 8.78 Å². The van der Waals surface area contributed by atoms with E-state index in [4.69, 9.17) is 9.73 Å². The Morgan fingerprint density at radius 2 is 1.98 bits per heavy atom. The number of aromatic nitrogens is 2. The summed E-state index contributed by atoms with van der Waals surface area (Å²) in [6.45, 7) is 11.6. The Morgan fingerprint density at radius 1 is 1.22 bits per heavy atom. The van der Waals surface area contributed by atoms with Crippen LogP contribution in [0.3, 0.4) is 0 Å². The van der Waals surface area contributed by atoms with Crippen molar-refractivity contribution >= 4 is 47.4 Å². The van der Waals surface area contributed by atoms with Gasteiger partial charge in [0.1, 0.15) is 39.6 Å². The minimum Gasteiger partial charge on any atom is -0.426 e. The average Bonchev–Trinajstić information content (AvgIpc) is 3.00. The molecule has 1 unspecified atom stereocenters. The molecule has 3 heterocycles. The lowest BCUT2D eigenvalue weighted by molar-refractivity contribution is -0.132. The number of nitrogens with one attached hydrogen (secondary N) is 1. The number of carbonyl (C=O) groups excluding carboxylic acids is 3. The van der Waals surface area contributed by atoms with Gasteiger partial charge in [-0.3, -0.25) is 14.4 Å². The number of pyridine rings is 2. The van der Waals surface area contributed by atoms with Crippen molar-refractivity contribution in [3.63, 3.8) is 0 Å². The molecule has 0 aliphatic carbocycles. The van der Waals surface area contributed by atoms with E-state index in [0.29, 0.717) is 36.8 Å². The Bertz CT molecular complexity index is 1660. The van der Waals surface area contributed by atoms with Crippen LogP contribution in [0.15, 0.2) is 59.2 Å². The minimum absolute atomic E-state index is 0.0592. The van der Waals surface area contributed by atoms with Gasteiger partial charge >= 0.3 is 5.97 Å². The van der Waals surface area contributed by atoms with Crippen LogP contribution in [-0.4, -0.2) is 75.8 Å². The molecule has 1 aliphatic rings. The summed E-state index contributed by atoms with van der Waals surface area (Å²) in [6, 6.07) is 6.41. The maximum Gasteiger partial charge on any atom is 0.308 e. The molecule has 1 atom stereocenters. The van der Waals surface area contributed by atoms with E-state index in [1.54, 1.807) is 11.1 Å². The van der Waals surface area contributed by atoms with Crippen molar-refractivity contribution in [3.05, 3.63) is 71.9 Å². The van der Waals surface area contributed by atoms with Gasteiger partial charge < -0.3 is 19.9 Å². The first kappa shape index (κ1) is 33.2. The molecule has 1 aromatic carbocycles. The summed E-state index contributed by atoms with van der Waals surface area (Å²) in [5.74, 6) is -2.77. The van der Waals surface area contributed by atoms with Crippen molar-refractivity contribution < 1.29 is 27.9 Å². The Hall–Kier alpha value is -4.65. The molecule has 2 amide bonds. The zero-order chi connectivity index (χ0) is 32.8. The fourth-order valence-electron chi connectivity index (χ4n) is 5.14. The molecule has 236 valence electrons. The van der Waals surface area contributed by atoms with Gasteiger partial charge in [-0.25, -0.2) is 23.7 Å². The van der Waals surface area contributed by atoms with Gasteiger partial charge in [0.25, 0.3) is 0 Å². The van der Waals surface area contributed by atoms with Crippen LogP contribution in [-0.2, 0) is 14.4 Å². The number of carbonyl (C=O) groups is 3. The Labute approximate surface area is 264 Å². The number of halogens is 2. The summed E-state index contributed by atoms with van der Waals surface area (Å²) >= 11 is 1.40. The summed E-state index contributed by atoms with van der Waals surface area (Å²) in [6.07, 6.45) is 5.20. The second kappa shape index (κ2) is 14.4. The van der Waals surface area contributed by atoms with Crippen LogP contribution < -0.4 is 10.1 Å². The van der Waals surface area contributed by atoms with E-state index in [2.05, 4.69) is 21.9 Å². The van der Waals surface area contributed by atoms with E-state index in [0.717, 1.165) is 24.6 Å². The van der Waals surface area contributed by atoms with E-state index in [9.17, 15) is 14.4 Å². The fourth-order valence-corrected chi connectivity index (χ4v) is 5.66. The molecule has 2 aromatic heterocycles. The van der Waals surface area contributed by atoms with Gasteiger partial charge in [0.05, 0.1) is 11.1 Å². The molecule has 1 N–H and O–H groups in total. The second-order valence-corrected chi connectivity index (χ2v) is 11.4. The molecule has 1 fully saturated rings. The van der Waals surface area contributed by atoms with Gasteiger partial charge in [0, 0.05) is 38.8 Å². The summed E-state index contributed by atoms with van der Waals surface area (Å²) in [5, 5.41) is 3.16. The van der Waals surface area contributed by atoms with Crippen LogP contribution in [0.25, 0.3) is 11.3 Å². The third kappa shape index (κ3) is 7.19. The monoisotopic (exact) mass is 636 g/mol. The summed E-state index contributed by atoms with van der Waals surface area (Å²) in [7, 11) is 0. The van der Waals surface area contributed by atoms with E-state index in [1.165, 1.54) is 30.0 Å². The summed E-state index contributed by atoms with van der Waals surface area (Å²) < 4.78 is 36.4. The van der Waals surface area contributed by atoms with Gasteiger partial charge in [0.2, 0.25) is 12.3 Å². The highest BCUT2D eigenvalue weighted by Gasteiger charge is 2.32. The molecule has 0 saturated carbocycles. The van der Waals surface area contributed by atoms with Gasteiger partial charge in [-0.15, -0.1) is 11.8 Å². The molecule has 4 rings (SSSR count). The fraction of sp³-hybridized carbons (Fsp3) is 0.312. The SMILES string of the molecule is C=CC(=O)N1CCN(/C(=N/c2c(C(C)C)ccnc2SC)c2cc(F)c(-c3c(F)cccc3OC(C)=O)nc2NC=O)C(C)C1. The summed E-state index contributed by atoms with van der Waals surface area (Å²) in [5.41, 5.74) is 0.731. The largest absolute Gasteiger partial charge is 0.426 e. The minimum atomic E-state index is -0.943. The van der Waals surface area contributed by atoms with Crippen LogP contribution >= 0.6 is 11.8 Å². The van der Waals surface area contributed by atoms with Crippen molar-refractivity contribution in [2.75, 3.05) is 31.2 Å². The normalized spacial score (nSPS) is 15.2. The van der Waals surface area contributed by atoms with Crippen LogP contribution in [0.2, 0.25) is 0 Å². The molecule has 0 spiro atoms. The Balaban J connectivity index is 2.00. The number of esters is 1. The number of benzene rings is 1. The van der Waals surface area contributed by atoms with E-state index in [-0.39, 0.29) is 46.4 Å². The van der Waals surface area contributed by atoms with Gasteiger partial charge in [-0.2, -0.15) is 0 Å².